The highest BCUT2D eigenvalue weighted by Crippen LogP contribution is 2.28. The number of thioether (sulfide) groups is 1. The number of rotatable bonds is 9. The van der Waals surface area contributed by atoms with Crippen molar-refractivity contribution in [1.82, 2.24) is 5.32 Å². The van der Waals surface area contributed by atoms with Gasteiger partial charge in [0.25, 0.3) is 0 Å². The van der Waals surface area contributed by atoms with E-state index in [0.717, 1.165) is 24.9 Å². The Labute approximate surface area is 126 Å². The summed E-state index contributed by atoms with van der Waals surface area (Å²) in [7, 11) is 0. The van der Waals surface area contributed by atoms with Gasteiger partial charge in [0, 0.05) is 11.0 Å². The van der Waals surface area contributed by atoms with Crippen molar-refractivity contribution in [2.75, 3.05) is 12.3 Å². The number of carbonyl (C=O) groups excluding carboxylic acids is 1. The Bertz CT molecular complexity index is 410. The summed E-state index contributed by atoms with van der Waals surface area (Å²) in [4.78, 5) is 12.2. The van der Waals surface area contributed by atoms with E-state index in [0.29, 0.717) is 11.0 Å². The molecule has 2 atom stereocenters. The molecule has 0 bridgehead atoms. The fourth-order valence-corrected chi connectivity index (χ4v) is 3.16. The lowest BCUT2D eigenvalue weighted by atomic mass is 9.91. The predicted molar refractivity (Wildman–Crippen MR) is 87.8 cm³/mol. The average Bonchev–Trinajstić information content (AvgIpc) is 2.48. The molecule has 20 heavy (non-hydrogen) atoms. The predicted octanol–water partition coefficient (Wildman–Crippen LogP) is 2.90. The van der Waals surface area contributed by atoms with Crippen molar-refractivity contribution < 1.29 is 4.79 Å². The molecule has 0 fully saturated rings. The van der Waals surface area contributed by atoms with E-state index in [1.807, 2.05) is 30.3 Å². The van der Waals surface area contributed by atoms with Gasteiger partial charge in [0.05, 0.1) is 0 Å². The topological polar surface area (TPSA) is 55.1 Å². The third-order valence-electron chi connectivity index (χ3n) is 3.52. The molecule has 0 heterocycles. The molecule has 0 aromatic heterocycles. The van der Waals surface area contributed by atoms with E-state index >= 15 is 0 Å². The van der Waals surface area contributed by atoms with E-state index in [9.17, 15) is 4.79 Å². The number of benzene rings is 1. The zero-order valence-electron chi connectivity index (χ0n) is 12.7. The van der Waals surface area contributed by atoms with Crippen molar-refractivity contribution >= 4 is 17.7 Å². The van der Waals surface area contributed by atoms with Crippen molar-refractivity contribution in [3.05, 3.63) is 35.9 Å². The van der Waals surface area contributed by atoms with Crippen LogP contribution < -0.4 is 11.1 Å². The van der Waals surface area contributed by atoms with Crippen molar-refractivity contribution in [2.45, 2.75) is 44.4 Å². The Kier molecular flexibility index (Phi) is 7.10. The molecular weight excluding hydrogens is 268 g/mol. The van der Waals surface area contributed by atoms with E-state index in [2.05, 4.69) is 26.1 Å². The Morgan fingerprint density at radius 1 is 1.35 bits per heavy atom. The molecule has 0 saturated heterocycles. The first kappa shape index (κ1) is 17.1. The van der Waals surface area contributed by atoms with Crippen LogP contribution in [0.25, 0.3) is 0 Å². The Morgan fingerprint density at radius 2 is 2.00 bits per heavy atom. The zero-order chi connectivity index (χ0) is 15.0. The lowest BCUT2D eigenvalue weighted by Gasteiger charge is -2.33. The second kappa shape index (κ2) is 8.32. The first-order chi connectivity index (χ1) is 9.56. The maximum atomic E-state index is 12.2. The Hall–Kier alpha value is -1.00. The zero-order valence-corrected chi connectivity index (χ0v) is 13.5. The van der Waals surface area contributed by atoms with Crippen LogP contribution in [-0.4, -0.2) is 23.5 Å². The molecule has 0 aliphatic carbocycles. The molecule has 0 radical (unpaired) electrons. The summed E-state index contributed by atoms with van der Waals surface area (Å²) in [5.74, 6) is 0.370. The van der Waals surface area contributed by atoms with Crippen LogP contribution in [0, 0.1) is 0 Å². The minimum atomic E-state index is -0.772. The second-order valence-electron chi connectivity index (χ2n) is 5.09. The highest BCUT2D eigenvalue weighted by Gasteiger charge is 2.38. The van der Waals surface area contributed by atoms with Crippen LogP contribution in [0.15, 0.2) is 30.3 Å². The second-order valence-corrected chi connectivity index (χ2v) is 6.52. The van der Waals surface area contributed by atoms with Crippen LogP contribution in [0.5, 0.6) is 0 Å². The molecular formula is C16H26N2OS. The van der Waals surface area contributed by atoms with Crippen LogP contribution in [0.4, 0.5) is 0 Å². The number of nitrogens with one attached hydrogen (secondary N) is 1. The van der Waals surface area contributed by atoms with Crippen molar-refractivity contribution in [2.24, 2.45) is 5.73 Å². The van der Waals surface area contributed by atoms with Gasteiger partial charge in [-0.1, -0.05) is 51.1 Å². The van der Waals surface area contributed by atoms with Crippen LogP contribution in [0.3, 0.4) is 0 Å². The SMILES string of the molecule is CCCNC(CSC(C)CC)(C(N)=O)c1ccccc1. The standard InChI is InChI=1S/C16H26N2OS/c1-4-11-18-16(15(17)19,12-20-13(3)5-2)14-9-7-6-8-10-14/h6-10,13,18H,4-5,11-12H2,1-3H3,(H2,17,19). The molecule has 112 valence electrons. The van der Waals surface area contributed by atoms with Crippen molar-refractivity contribution in [3.8, 4) is 0 Å². The van der Waals surface area contributed by atoms with Gasteiger partial charge in [0.1, 0.15) is 5.54 Å². The van der Waals surface area contributed by atoms with Gasteiger partial charge in [-0.15, -0.1) is 0 Å². The lowest BCUT2D eigenvalue weighted by Crippen LogP contribution is -2.55. The van der Waals surface area contributed by atoms with Gasteiger partial charge in [-0.05, 0) is 24.9 Å². The van der Waals surface area contributed by atoms with Crippen LogP contribution in [0.2, 0.25) is 0 Å². The smallest absolute Gasteiger partial charge is 0.243 e. The first-order valence-electron chi connectivity index (χ1n) is 7.28. The summed E-state index contributed by atoms with van der Waals surface area (Å²) < 4.78 is 0. The largest absolute Gasteiger partial charge is 0.368 e. The monoisotopic (exact) mass is 294 g/mol. The molecule has 0 spiro atoms. The maximum absolute atomic E-state index is 12.2. The Morgan fingerprint density at radius 3 is 2.50 bits per heavy atom. The van der Waals surface area contributed by atoms with E-state index in [1.54, 1.807) is 11.8 Å². The Balaban J connectivity index is 3.04. The molecule has 0 aliphatic rings. The first-order valence-corrected chi connectivity index (χ1v) is 8.33. The number of amides is 1. The lowest BCUT2D eigenvalue weighted by molar-refractivity contribution is -0.123. The van der Waals surface area contributed by atoms with Gasteiger partial charge in [0.15, 0.2) is 0 Å². The number of hydrogen-bond acceptors (Lipinski definition) is 3. The van der Waals surface area contributed by atoms with Crippen LogP contribution in [-0.2, 0) is 10.3 Å². The maximum Gasteiger partial charge on any atom is 0.243 e. The van der Waals surface area contributed by atoms with Crippen LogP contribution in [0.1, 0.15) is 39.2 Å². The quantitative estimate of drug-likeness (QED) is 0.736. The van der Waals surface area contributed by atoms with Crippen molar-refractivity contribution in [3.63, 3.8) is 0 Å². The van der Waals surface area contributed by atoms with E-state index < -0.39 is 5.54 Å². The summed E-state index contributed by atoms with van der Waals surface area (Å²) in [6.45, 7) is 7.21. The molecule has 1 rings (SSSR count). The third-order valence-corrected chi connectivity index (χ3v) is 5.03. The fourth-order valence-electron chi connectivity index (χ4n) is 1.98. The summed E-state index contributed by atoms with van der Waals surface area (Å²) in [6.07, 6.45) is 2.05. The molecule has 0 saturated carbocycles. The van der Waals surface area contributed by atoms with Gasteiger partial charge in [0.2, 0.25) is 5.91 Å². The van der Waals surface area contributed by atoms with Gasteiger partial charge >= 0.3 is 0 Å². The van der Waals surface area contributed by atoms with E-state index in [4.69, 9.17) is 5.73 Å². The van der Waals surface area contributed by atoms with Gasteiger partial charge in [-0.2, -0.15) is 11.8 Å². The minimum absolute atomic E-state index is 0.298. The van der Waals surface area contributed by atoms with Gasteiger partial charge < -0.3 is 5.73 Å². The molecule has 1 aromatic rings. The summed E-state index contributed by atoms with van der Waals surface area (Å²) in [5, 5.41) is 3.90. The summed E-state index contributed by atoms with van der Waals surface area (Å²) in [6, 6.07) is 9.81. The van der Waals surface area contributed by atoms with Crippen LogP contribution >= 0.6 is 11.8 Å². The fraction of sp³-hybridized carbons (Fsp3) is 0.562. The number of carbonyl (C=O) groups is 1. The van der Waals surface area contributed by atoms with Crippen molar-refractivity contribution in [1.29, 1.82) is 0 Å². The van der Waals surface area contributed by atoms with Gasteiger partial charge in [-0.25, -0.2) is 0 Å². The normalized spacial score (nSPS) is 15.6. The molecule has 2 unspecified atom stereocenters. The average molecular weight is 294 g/mol. The molecule has 3 N–H and O–H groups in total. The number of nitrogens with two attached hydrogens (primary N) is 1. The number of primary amides is 1. The molecule has 0 aliphatic heterocycles. The molecule has 1 amide bonds. The molecule has 3 nitrogen and oxygen atoms in total. The van der Waals surface area contributed by atoms with E-state index in [1.165, 1.54) is 0 Å². The highest BCUT2D eigenvalue weighted by molar-refractivity contribution is 7.99. The number of hydrogen-bond donors (Lipinski definition) is 2. The summed E-state index contributed by atoms with van der Waals surface area (Å²) in [5.41, 5.74) is 5.94. The highest BCUT2D eigenvalue weighted by atomic mass is 32.2. The molecule has 4 heteroatoms. The third kappa shape index (κ3) is 4.25. The van der Waals surface area contributed by atoms with E-state index in [-0.39, 0.29) is 5.91 Å². The summed E-state index contributed by atoms with van der Waals surface area (Å²) >= 11 is 1.79. The molecule has 1 aromatic carbocycles. The van der Waals surface area contributed by atoms with Gasteiger partial charge in [-0.3, -0.25) is 10.1 Å². The minimum Gasteiger partial charge on any atom is -0.368 e.